The first-order valence-electron chi connectivity index (χ1n) is 5.60. The molecule has 0 N–H and O–H groups in total. The van der Waals surface area contributed by atoms with Gasteiger partial charge in [0, 0.05) is 12.1 Å². The van der Waals surface area contributed by atoms with Crippen molar-refractivity contribution in [2.45, 2.75) is 25.8 Å². The SMILES string of the molecule is COC(=O)C1CCC(=O)N1c1ccccc1C. The first kappa shape index (κ1) is 11.6. The zero-order valence-corrected chi connectivity index (χ0v) is 9.97. The summed E-state index contributed by atoms with van der Waals surface area (Å²) in [6, 6.07) is 7.08. The van der Waals surface area contributed by atoms with Crippen molar-refractivity contribution in [3.8, 4) is 0 Å². The molecule has 0 radical (unpaired) electrons. The van der Waals surface area contributed by atoms with Gasteiger partial charge in [-0.05, 0) is 25.0 Å². The van der Waals surface area contributed by atoms with Gasteiger partial charge in [-0.2, -0.15) is 0 Å². The van der Waals surface area contributed by atoms with Crippen LogP contribution in [0.25, 0.3) is 0 Å². The number of nitrogens with zero attached hydrogens (tertiary/aromatic N) is 1. The predicted octanol–water partition coefficient (Wildman–Crippen LogP) is 1.66. The van der Waals surface area contributed by atoms with E-state index >= 15 is 0 Å². The van der Waals surface area contributed by atoms with Crippen LogP contribution in [0.4, 0.5) is 5.69 Å². The van der Waals surface area contributed by atoms with Gasteiger partial charge >= 0.3 is 5.97 Å². The molecule has 1 fully saturated rings. The van der Waals surface area contributed by atoms with Gasteiger partial charge in [0.1, 0.15) is 6.04 Å². The number of methoxy groups -OCH3 is 1. The lowest BCUT2D eigenvalue weighted by Crippen LogP contribution is -2.39. The van der Waals surface area contributed by atoms with Crippen LogP contribution in [0.3, 0.4) is 0 Å². The maximum Gasteiger partial charge on any atom is 0.328 e. The lowest BCUT2D eigenvalue weighted by Gasteiger charge is -2.24. The summed E-state index contributed by atoms with van der Waals surface area (Å²) in [6.45, 7) is 1.93. The van der Waals surface area contributed by atoms with E-state index in [-0.39, 0.29) is 11.9 Å². The largest absolute Gasteiger partial charge is 0.467 e. The molecule has 90 valence electrons. The standard InChI is InChI=1S/C13H15NO3/c1-9-5-3-4-6-10(9)14-11(13(16)17-2)7-8-12(14)15/h3-6,11H,7-8H2,1-2H3. The van der Waals surface area contributed by atoms with Crippen LogP contribution in [0, 0.1) is 6.92 Å². The molecule has 17 heavy (non-hydrogen) atoms. The monoisotopic (exact) mass is 233 g/mol. The number of benzene rings is 1. The molecule has 1 atom stereocenters. The number of rotatable bonds is 2. The smallest absolute Gasteiger partial charge is 0.328 e. The molecule has 0 saturated carbocycles. The van der Waals surface area contributed by atoms with Crippen LogP contribution < -0.4 is 4.90 Å². The summed E-state index contributed by atoms with van der Waals surface area (Å²) in [5.41, 5.74) is 1.78. The van der Waals surface area contributed by atoms with Crippen LogP contribution in [0.2, 0.25) is 0 Å². The van der Waals surface area contributed by atoms with Gasteiger partial charge in [0.2, 0.25) is 5.91 Å². The van der Waals surface area contributed by atoms with Crippen molar-refractivity contribution in [2.75, 3.05) is 12.0 Å². The average Bonchev–Trinajstić information content (AvgIpc) is 2.71. The summed E-state index contributed by atoms with van der Waals surface area (Å²) in [7, 11) is 1.35. The first-order valence-corrected chi connectivity index (χ1v) is 5.60. The number of ether oxygens (including phenoxy) is 1. The van der Waals surface area contributed by atoms with Crippen molar-refractivity contribution in [2.24, 2.45) is 0 Å². The fourth-order valence-corrected chi connectivity index (χ4v) is 2.18. The molecular formula is C13H15NO3. The second-order valence-corrected chi connectivity index (χ2v) is 4.13. The van der Waals surface area contributed by atoms with Gasteiger partial charge in [0.25, 0.3) is 0 Å². The van der Waals surface area contributed by atoms with Crippen LogP contribution in [-0.4, -0.2) is 25.0 Å². The fraction of sp³-hybridized carbons (Fsp3) is 0.385. The van der Waals surface area contributed by atoms with Crippen LogP contribution in [0.1, 0.15) is 18.4 Å². The zero-order chi connectivity index (χ0) is 12.4. The number of hydrogen-bond donors (Lipinski definition) is 0. The molecule has 1 unspecified atom stereocenters. The van der Waals surface area contributed by atoms with E-state index in [1.54, 1.807) is 4.90 Å². The van der Waals surface area contributed by atoms with E-state index in [9.17, 15) is 9.59 Å². The van der Waals surface area contributed by atoms with E-state index in [0.29, 0.717) is 12.8 Å². The van der Waals surface area contributed by atoms with Crippen molar-refractivity contribution >= 4 is 17.6 Å². The molecule has 1 aliphatic heterocycles. The molecule has 4 heteroatoms. The summed E-state index contributed by atoms with van der Waals surface area (Å²) < 4.78 is 4.74. The minimum atomic E-state index is -0.478. The molecule has 1 heterocycles. The molecule has 1 aliphatic rings. The van der Waals surface area contributed by atoms with Gasteiger partial charge in [-0.15, -0.1) is 0 Å². The van der Waals surface area contributed by atoms with Crippen LogP contribution in [-0.2, 0) is 14.3 Å². The average molecular weight is 233 g/mol. The normalized spacial score (nSPS) is 19.5. The molecule has 2 rings (SSSR count). The maximum absolute atomic E-state index is 11.9. The minimum absolute atomic E-state index is 0.0188. The lowest BCUT2D eigenvalue weighted by molar-refractivity contribution is -0.142. The molecule has 1 aromatic rings. The van der Waals surface area contributed by atoms with E-state index in [4.69, 9.17) is 4.74 Å². The summed E-state index contributed by atoms with van der Waals surface area (Å²) in [5, 5.41) is 0. The number of carbonyl (C=O) groups excluding carboxylic acids is 2. The molecule has 0 aromatic heterocycles. The minimum Gasteiger partial charge on any atom is -0.467 e. The van der Waals surface area contributed by atoms with E-state index < -0.39 is 6.04 Å². The van der Waals surface area contributed by atoms with Gasteiger partial charge in [-0.25, -0.2) is 4.79 Å². The number of esters is 1. The predicted molar refractivity (Wildman–Crippen MR) is 63.7 cm³/mol. The third-order valence-corrected chi connectivity index (χ3v) is 3.06. The Balaban J connectivity index is 2.38. The highest BCUT2D eigenvalue weighted by Gasteiger charge is 2.38. The Morgan fingerprint density at radius 2 is 2.12 bits per heavy atom. The second kappa shape index (κ2) is 4.57. The maximum atomic E-state index is 11.9. The van der Waals surface area contributed by atoms with Crippen LogP contribution in [0.15, 0.2) is 24.3 Å². The van der Waals surface area contributed by atoms with Crippen molar-refractivity contribution < 1.29 is 14.3 Å². The molecule has 1 aromatic carbocycles. The molecule has 1 amide bonds. The number of carbonyl (C=O) groups is 2. The highest BCUT2D eigenvalue weighted by Crippen LogP contribution is 2.29. The molecule has 0 aliphatic carbocycles. The number of hydrogen-bond acceptors (Lipinski definition) is 3. The van der Waals surface area contributed by atoms with E-state index in [2.05, 4.69) is 0 Å². The Hall–Kier alpha value is -1.84. The Morgan fingerprint density at radius 3 is 2.76 bits per heavy atom. The Morgan fingerprint density at radius 1 is 1.41 bits per heavy atom. The van der Waals surface area contributed by atoms with Gasteiger partial charge in [-0.1, -0.05) is 18.2 Å². The van der Waals surface area contributed by atoms with Crippen molar-refractivity contribution in [1.82, 2.24) is 0 Å². The third-order valence-electron chi connectivity index (χ3n) is 3.06. The molecular weight excluding hydrogens is 218 g/mol. The molecule has 0 bridgehead atoms. The Labute approximate surface area is 100 Å². The number of anilines is 1. The lowest BCUT2D eigenvalue weighted by atomic mass is 10.1. The van der Waals surface area contributed by atoms with E-state index in [1.165, 1.54) is 7.11 Å². The third kappa shape index (κ3) is 2.02. The first-order chi connectivity index (χ1) is 8.15. The van der Waals surface area contributed by atoms with Gasteiger partial charge < -0.3 is 4.74 Å². The van der Waals surface area contributed by atoms with Crippen LogP contribution in [0.5, 0.6) is 0 Å². The summed E-state index contributed by atoms with van der Waals surface area (Å²) >= 11 is 0. The summed E-state index contributed by atoms with van der Waals surface area (Å²) in [5.74, 6) is -0.367. The molecule has 0 spiro atoms. The quantitative estimate of drug-likeness (QED) is 0.730. The zero-order valence-electron chi connectivity index (χ0n) is 9.97. The Bertz CT molecular complexity index is 456. The van der Waals surface area contributed by atoms with Gasteiger partial charge in [0.15, 0.2) is 0 Å². The molecule has 4 nitrogen and oxygen atoms in total. The number of amides is 1. The summed E-state index contributed by atoms with van der Waals surface area (Å²) in [6.07, 6.45) is 0.925. The highest BCUT2D eigenvalue weighted by atomic mass is 16.5. The number of aryl methyl sites for hydroxylation is 1. The number of para-hydroxylation sites is 1. The molecule has 1 saturated heterocycles. The van der Waals surface area contributed by atoms with Crippen molar-refractivity contribution in [3.05, 3.63) is 29.8 Å². The topological polar surface area (TPSA) is 46.6 Å². The highest BCUT2D eigenvalue weighted by molar-refractivity contribution is 6.03. The van der Waals surface area contributed by atoms with Crippen molar-refractivity contribution in [3.63, 3.8) is 0 Å². The van der Waals surface area contributed by atoms with Gasteiger partial charge in [0.05, 0.1) is 7.11 Å². The second-order valence-electron chi connectivity index (χ2n) is 4.13. The van der Waals surface area contributed by atoms with Crippen molar-refractivity contribution in [1.29, 1.82) is 0 Å². The van der Waals surface area contributed by atoms with Gasteiger partial charge in [-0.3, -0.25) is 9.69 Å². The fourth-order valence-electron chi connectivity index (χ4n) is 2.18. The van der Waals surface area contributed by atoms with E-state index in [1.807, 2.05) is 31.2 Å². The Kier molecular flexibility index (Phi) is 3.13. The van der Waals surface area contributed by atoms with E-state index in [0.717, 1.165) is 11.3 Å². The summed E-state index contributed by atoms with van der Waals surface area (Å²) in [4.78, 5) is 25.1. The van der Waals surface area contributed by atoms with Crippen LogP contribution >= 0.6 is 0 Å².